The molecule has 0 spiro atoms. The number of carbonyl (C=O) groups is 1. The molecule has 0 radical (unpaired) electrons. The standard InChI is InChI=1S/C15H14ClN3O3/c1-2-8-17-14-15(22)19(9-11(20)21)12(13(16)18-14)10-6-4-3-5-7-10/h2-7H,1,8-9H2,(H,17,18)(H,20,21). The normalized spacial score (nSPS) is 10.2. The van der Waals surface area contributed by atoms with Gasteiger partial charge in [0.1, 0.15) is 6.54 Å². The number of nitrogens with zero attached hydrogens (tertiary/aromatic N) is 2. The molecule has 2 aromatic rings. The van der Waals surface area contributed by atoms with Crippen LogP contribution in [-0.2, 0) is 11.3 Å². The van der Waals surface area contributed by atoms with E-state index in [1.807, 2.05) is 6.07 Å². The highest BCUT2D eigenvalue weighted by Gasteiger charge is 2.18. The van der Waals surface area contributed by atoms with Crippen LogP contribution in [0, 0.1) is 0 Å². The Morgan fingerprint density at radius 3 is 2.68 bits per heavy atom. The summed E-state index contributed by atoms with van der Waals surface area (Å²) < 4.78 is 1.10. The Labute approximate surface area is 131 Å². The van der Waals surface area contributed by atoms with Crippen molar-refractivity contribution >= 4 is 23.4 Å². The van der Waals surface area contributed by atoms with E-state index in [0.29, 0.717) is 12.1 Å². The maximum Gasteiger partial charge on any atom is 0.323 e. The molecule has 0 aliphatic rings. The molecule has 6 nitrogen and oxygen atoms in total. The second-order valence-corrected chi connectivity index (χ2v) is 4.78. The Kier molecular flexibility index (Phi) is 4.95. The SMILES string of the molecule is C=CCNc1nc(Cl)c(-c2ccccc2)n(CC(=O)O)c1=O. The molecule has 2 N–H and O–H groups in total. The zero-order valence-electron chi connectivity index (χ0n) is 11.6. The number of halogens is 1. The molecule has 0 amide bonds. The number of carboxylic acids is 1. The summed E-state index contributed by atoms with van der Waals surface area (Å²) in [5, 5.41) is 11.9. The van der Waals surface area contributed by atoms with E-state index in [4.69, 9.17) is 16.7 Å². The minimum atomic E-state index is -1.14. The molecule has 0 unspecified atom stereocenters. The topological polar surface area (TPSA) is 84.2 Å². The average Bonchev–Trinajstić information content (AvgIpc) is 2.49. The second-order valence-electron chi connectivity index (χ2n) is 4.42. The molecule has 114 valence electrons. The van der Waals surface area contributed by atoms with E-state index in [9.17, 15) is 9.59 Å². The third-order valence-corrected chi connectivity index (χ3v) is 3.14. The number of hydrogen-bond acceptors (Lipinski definition) is 4. The summed E-state index contributed by atoms with van der Waals surface area (Å²) >= 11 is 6.17. The van der Waals surface area contributed by atoms with Crippen LogP contribution in [0.15, 0.2) is 47.8 Å². The van der Waals surface area contributed by atoms with Crippen molar-refractivity contribution in [2.45, 2.75) is 6.54 Å². The number of hydrogen-bond donors (Lipinski definition) is 2. The fraction of sp³-hybridized carbons (Fsp3) is 0.133. The predicted molar refractivity (Wildman–Crippen MR) is 85.3 cm³/mol. The van der Waals surface area contributed by atoms with Crippen molar-refractivity contribution in [1.29, 1.82) is 0 Å². The maximum absolute atomic E-state index is 12.4. The van der Waals surface area contributed by atoms with Crippen LogP contribution in [0.5, 0.6) is 0 Å². The van der Waals surface area contributed by atoms with E-state index < -0.39 is 18.1 Å². The highest BCUT2D eigenvalue weighted by molar-refractivity contribution is 6.32. The van der Waals surface area contributed by atoms with Crippen molar-refractivity contribution in [3.05, 3.63) is 58.5 Å². The van der Waals surface area contributed by atoms with Crippen molar-refractivity contribution < 1.29 is 9.90 Å². The second kappa shape index (κ2) is 6.91. The molecule has 0 aliphatic heterocycles. The minimum Gasteiger partial charge on any atom is -0.480 e. The van der Waals surface area contributed by atoms with Gasteiger partial charge in [-0.25, -0.2) is 4.98 Å². The quantitative estimate of drug-likeness (QED) is 0.798. The van der Waals surface area contributed by atoms with Crippen LogP contribution >= 0.6 is 11.6 Å². The number of aromatic nitrogens is 2. The van der Waals surface area contributed by atoms with Crippen molar-refractivity contribution in [3.8, 4) is 11.3 Å². The maximum atomic E-state index is 12.4. The number of rotatable bonds is 6. The molecule has 1 aromatic carbocycles. The van der Waals surface area contributed by atoms with E-state index in [1.165, 1.54) is 0 Å². The number of benzene rings is 1. The van der Waals surface area contributed by atoms with Gasteiger partial charge in [-0.1, -0.05) is 48.0 Å². The van der Waals surface area contributed by atoms with Gasteiger partial charge in [0.2, 0.25) is 0 Å². The Balaban J connectivity index is 2.66. The van der Waals surface area contributed by atoms with Gasteiger partial charge in [0.25, 0.3) is 5.56 Å². The molecular formula is C15H14ClN3O3. The van der Waals surface area contributed by atoms with E-state index in [1.54, 1.807) is 30.3 Å². The summed E-state index contributed by atoms with van der Waals surface area (Å²) in [4.78, 5) is 27.6. The molecule has 0 bridgehead atoms. The van der Waals surface area contributed by atoms with Crippen LogP contribution in [0.2, 0.25) is 5.15 Å². The van der Waals surface area contributed by atoms with Crippen LogP contribution in [0.25, 0.3) is 11.3 Å². The van der Waals surface area contributed by atoms with Crippen LogP contribution in [-0.4, -0.2) is 27.2 Å². The minimum absolute atomic E-state index is 0.00849. The molecule has 22 heavy (non-hydrogen) atoms. The van der Waals surface area contributed by atoms with Crippen LogP contribution < -0.4 is 10.9 Å². The number of nitrogens with one attached hydrogen (secondary N) is 1. The summed E-state index contributed by atoms with van der Waals surface area (Å²) in [6, 6.07) is 8.82. The molecule has 1 aromatic heterocycles. The Hall–Kier alpha value is -2.60. The molecule has 0 aliphatic carbocycles. The van der Waals surface area contributed by atoms with Crippen LogP contribution in [0.3, 0.4) is 0 Å². The van der Waals surface area contributed by atoms with Gasteiger partial charge in [0, 0.05) is 12.1 Å². The fourth-order valence-corrected chi connectivity index (χ4v) is 2.28. The van der Waals surface area contributed by atoms with E-state index >= 15 is 0 Å². The lowest BCUT2D eigenvalue weighted by Crippen LogP contribution is -2.29. The average molecular weight is 320 g/mol. The largest absolute Gasteiger partial charge is 0.480 e. The molecule has 0 saturated heterocycles. The zero-order chi connectivity index (χ0) is 16.1. The van der Waals surface area contributed by atoms with Crippen LogP contribution in [0.4, 0.5) is 5.82 Å². The van der Waals surface area contributed by atoms with Gasteiger partial charge in [-0.3, -0.25) is 14.2 Å². The van der Waals surface area contributed by atoms with Crippen molar-refractivity contribution in [2.24, 2.45) is 0 Å². The lowest BCUT2D eigenvalue weighted by Gasteiger charge is -2.14. The highest BCUT2D eigenvalue weighted by Crippen LogP contribution is 2.25. The summed E-state index contributed by atoms with van der Waals surface area (Å²) in [6.07, 6.45) is 1.56. The number of anilines is 1. The third kappa shape index (κ3) is 3.35. The first-order chi connectivity index (χ1) is 10.5. The van der Waals surface area contributed by atoms with Gasteiger partial charge < -0.3 is 10.4 Å². The summed E-state index contributed by atoms with van der Waals surface area (Å²) in [6.45, 7) is 3.35. The summed E-state index contributed by atoms with van der Waals surface area (Å²) in [7, 11) is 0. The highest BCUT2D eigenvalue weighted by atomic mass is 35.5. The first-order valence-corrected chi connectivity index (χ1v) is 6.84. The molecule has 0 atom stereocenters. The van der Waals surface area contributed by atoms with Gasteiger partial charge in [0.05, 0.1) is 5.69 Å². The van der Waals surface area contributed by atoms with Gasteiger partial charge in [-0.05, 0) is 0 Å². The molecular weight excluding hydrogens is 306 g/mol. The molecule has 7 heteroatoms. The first-order valence-electron chi connectivity index (χ1n) is 6.47. The number of carboxylic acid groups (broad SMARTS) is 1. The number of aliphatic carboxylic acids is 1. The van der Waals surface area contributed by atoms with Crippen molar-refractivity contribution in [3.63, 3.8) is 0 Å². The Morgan fingerprint density at radius 1 is 1.41 bits per heavy atom. The van der Waals surface area contributed by atoms with Crippen molar-refractivity contribution in [2.75, 3.05) is 11.9 Å². The third-order valence-electron chi connectivity index (χ3n) is 2.88. The van der Waals surface area contributed by atoms with Gasteiger partial charge >= 0.3 is 5.97 Å². The zero-order valence-corrected chi connectivity index (χ0v) is 12.4. The first kappa shape index (κ1) is 15.8. The molecule has 0 fully saturated rings. The van der Waals surface area contributed by atoms with E-state index in [0.717, 1.165) is 4.57 Å². The van der Waals surface area contributed by atoms with Crippen LogP contribution in [0.1, 0.15) is 0 Å². The van der Waals surface area contributed by atoms with Crippen molar-refractivity contribution in [1.82, 2.24) is 9.55 Å². The molecule has 1 heterocycles. The lowest BCUT2D eigenvalue weighted by molar-refractivity contribution is -0.137. The predicted octanol–water partition coefficient (Wildman–Crippen LogP) is 2.25. The Morgan fingerprint density at radius 2 is 2.09 bits per heavy atom. The van der Waals surface area contributed by atoms with Gasteiger partial charge in [-0.2, -0.15) is 0 Å². The monoisotopic (exact) mass is 319 g/mol. The summed E-state index contributed by atoms with van der Waals surface area (Å²) in [5.41, 5.74) is 0.347. The van der Waals surface area contributed by atoms with E-state index in [-0.39, 0.29) is 16.7 Å². The van der Waals surface area contributed by atoms with Gasteiger partial charge in [0.15, 0.2) is 11.0 Å². The fourth-order valence-electron chi connectivity index (χ4n) is 1.98. The molecule has 2 rings (SSSR count). The molecule has 0 saturated carbocycles. The Bertz CT molecular complexity index is 757. The smallest absolute Gasteiger partial charge is 0.323 e. The van der Waals surface area contributed by atoms with E-state index in [2.05, 4.69) is 16.9 Å². The lowest BCUT2D eigenvalue weighted by atomic mass is 10.1. The van der Waals surface area contributed by atoms with Gasteiger partial charge in [-0.15, -0.1) is 6.58 Å². The summed E-state index contributed by atoms with van der Waals surface area (Å²) in [5.74, 6) is -1.15.